The van der Waals surface area contributed by atoms with Gasteiger partial charge in [0.1, 0.15) is 6.04 Å². The zero-order chi connectivity index (χ0) is 15.1. The highest BCUT2D eigenvalue weighted by Crippen LogP contribution is 2.09. The van der Waals surface area contributed by atoms with E-state index < -0.39 is 12.0 Å². The zero-order valence-electron chi connectivity index (χ0n) is 11.4. The van der Waals surface area contributed by atoms with Gasteiger partial charge in [0, 0.05) is 11.6 Å². The van der Waals surface area contributed by atoms with Crippen LogP contribution in [0.3, 0.4) is 0 Å². The molecule has 0 amide bonds. The van der Waals surface area contributed by atoms with E-state index in [1.54, 1.807) is 12.1 Å². The lowest BCUT2D eigenvalue weighted by Gasteiger charge is -2.15. The third kappa shape index (κ3) is 5.19. The third-order valence-corrected chi connectivity index (χ3v) is 3.31. The fourth-order valence-electron chi connectivity index (χ4n) is 1.93. The number of hydrazine groups is 1. The molecule has 0 saturated heterocycles. The molecule has 2 rings (SSSR count). The van der Waals surface area contributed by atoms with Crippen molar-refractivity contribution < 1.29 is 9.90 Å². The molecule has 0 spiro atoms. The number of hydrogen-bond donors (Lipinski definition) is 3. The summed E-state index contributed by atoms with van der Waals surface area (Å²) in [5.41, 5.74) is 7.80. The van der Waals surface area contributed by atoms with Gasteiger partial charge in [0.05, 0.1) is 0 Å². The number of carboxylic acid groups (broad SMARTS) is 1. The highest BCUT2D eigenvalue weighted by atomic mass is 35.5. The molecule has 0 aliphatic carbocycles. The number of rotatable bonds is 7. The van der Waals surface area contributed by atoms with Gasteiger partial charge in [-0.1, -0.05) is 54.1 Å². The van der Waals surface area contributed by atoms with Crippen LogP contribution in [0.2, 0.25) is 5.02 Å². The van der Waals surface area contributed by atoms with E-state index in [-0.39, 0.29) is 0 Å². The Morgan fingerprint density at radius 3 is 2.33 bits per heavy atom. The molecule has 110 valence electrons. The number of hydrogen-bond acceptors (Lipinski definition) is 3. The van der Waals surface area contributed by atoms with Crippen LogP contribution in [-0.2, 0) is 17.8 Å². The normalized spacial score (nSPS) is 12.0. The van der Waals surface area contributed by atoms with Crippen LogP contribution >= 0.6 is 11.6 Å². The summed E-state index contributed by atoms with van der Waals surface area (Å²) >= 11 is 5.81. The molecular weight excluding hydrogens is 288 g/mol. The summed E-state index contributed by atoms with van der Waals surface area (Å²) in [5, 5.41) is 9.93. The lowest BCUT2D eigenvalue weighted by molar-refractivity contribution is -0.139. The molecule has 0 aliphatic rings. The van der Waals surface area contributed by atoms with E-state index in [0.717, 1.165) is 11.1 Å². The smallest absolute Gasteiger partial charge is 0.322 e. The first kappa shape index (κ1) is 15.5. The summed E-state index contributed by atoms with van der Waals surface area (Å²) in [6.07, 6.45) is 0.420. The second kappa shape index (κ2) is 7.78. The highest BCUT2D eigenvalue weighted by molar-refractivity contribution is 6.30. The molecule has 0 aliphatic heterocycles. The van der Waals surface area contributed by atoms with E-state index >= 15 is 0 Å². The summed E-state index contributed by atoms with van der Waals surface area (Å²) in [6.45, 7) is 0.524. The number of carboxylic acids is 1. The van der Waals surface area contributed by atoms with Crippen molar-refractivity contribution in [3.63, 3.8) is 0 Å². The largest absolute Gasteiger partial charge is 0.480 e. The van der Waals surface area contributed by atoms with Crippen molar-refractivity contribution >= 4 is 17.6 Å². The van der Waals surface area contributed by atoms with Crippen molar-refractivity contribution in [2.24, 2.45) is 0 Å². The fourth-order valence-corrected chi connectivity index (χ4v) is 2.05. The number of carbonyl (C=O) groups is 1. The molecule has 0 unspecified atom stereocenters. The molecule has 3 N–H and O–H groups in total. The van der Waals surface area contributed by atoms with Crippen molar-refractivity contribution in [3.8, 4) is 0 Å². The fraction of sp³-hybridized carbons (Fsp3) is 0.188. The molecule has 0 radical (unpaired) electrons. The molecule has 5 heteroatoms. The Morgan fingerprint density at radius 2 is 1.71 bits per heavy atom. The Labute approximate surface area is 128 Å². The van der Waals surface area contributed by atoms with Crippen molar-refractivity contribution in [2.75, 3.05) is 0 Å². The van der Waals surface area contributed by atoms with E-state index in [0.29, 0.717) is 18.0 Å². The minimum Gasteiger partial charge on any atom is -0.480 e. The van der Waals surface area contributed by atoms with Crippen molar-refractivity contribution in [3.05, 3.63) is 70.7 Å². The van der Waals surface area contributed by atoms with Gasteiger partial charge in [-0.2, -0.15) is 0 Å². The van der Waals surface area contributed by atoms with Crippen LogP contribution in [0.1, 0.15) is 11.1 Å². The van der Waals surface area contributed by atoms with Gasteiger partial charge in [0.2, 0.25) is 0 Å². The Hall–Kier alpha value is -1.88. The summed E-state index contributed by atoms with van der Waals surface area (Å²) in [4.78, 5) is 11.3. The first-order chi connectivity index (χ1) is 10.1. The maximum Gasteiger partial charge on any atom is 0.322 e. The van der Waals surface area contributed by atoms with Gasteiger partial charge in [0.15, 0.2) is 0 Å². The van der Waals surface area contributed by atoms with Gasteiger partial charge in [-0.05, 0) is 29.7 Å². The number of aliphatic carboxylic acids is 1. The molecule has 0 fully saturated rings. The predicted molar refractivity (Wildman–Crippen MR) is 83.0 cm³/mol. The molecule has 2 aromatic rings. The highest BCUT2D eigenvalue weighted by Gasteiger charge is 2.16. The van der Waals surface area contributed by atoms with Gasteiger partial charge in [-0.3, -0.25) is 10.2 Å². The Kier molecular flexibility index (Phi) is 5.75. The first-order valence-electron chi connectivity index (χ1n) is 6.65. The first-order valence-corrected chi connectivity index (χ1v) is 7.02. The van der Waals surface area contributed by atoms with E-state index in [1.807, 2.05) is 42.5 Å². The van der Waals surface area contributed by atoms with Crippen molar-refractivity contribution in [1.82, 2.24) is 10.9 Å². The summed E-state index contributed by atoms with van der Waals surface area (Å²) in [5.74, 6) is -0.887. The predicted octanol–water partition coefficient (Wildman–Crippen LogP) is 2.63. The maximum absolute atomic E-state index is 11.3. The second-order valence-electron chi connectivity index (χ2n) is 4.70. The van der Waals surface area contributed by atoms with Gasteiger partial charge in [0.25, 0.3) is 0 Å². The lowest BCUT2D eigenvalue weighted by atomic mass is 10.1. The third-order valence-electron chi connectivity index (χ3n) is 3.06. The summed E-state index contributed by atoms with van der Waals surface area (Å²) < 4.78 is 0. The van der Waals surface area contributed by atoms with Crippen LogP contribution < -0.4 is 10.9 Å². The molecular formula is C16H17ClN2O2. The molecule has 0 aromatic heterocycles. The maximum atomic E-state index is 11.3. The molecule has 0 heterocycles. The molecule has 1 atom stereocenters. The molecule has 0 saturated carbocycles. The van der Waals surface area contributed by atoms with Crippen LogP contribution in [0, 0.1) is 0 Å². The Morgan fingerprint density at radius 1 is 1.05 bits per heavy atom. The van der Waals surface area contributed by atoms with Crippen LogP contribution in [0.15, 0.2) is 54.6 Å². The van der Waals surface area contributed by atoms with E-state index in [1.165, 1.54) is 0 Å². The van der Waals surface area contributed by atoms with Crippen LogP contribution in [0.5, 0.6) is 0 Å². The van der Waals surface area contributed by atoms with Gasteiger partial charge in [-0.15, -0.1) is 0 Å². The van der Waals surface area contributed by atoms with Crippen molar-refractivity contribution in [1.29, 1.82) is 0 Å². The SMILES string of the molecule is O=C(O)[C@H](Cc1ccccc1)NNCc1ccc(Cl)cc1. The number of nitrogens with one attached hydrogen (secondary N) is 2. The molecule has 21 heavy (non-hydrogen) atoms. The van der Waals surface area contributed by atoms with Crippen LogP contribution in [0.25, 0.3) is 0 Å². The van der Waals surface area contributed by atoms with Gasteiger partial charge >= 0.3 is 5.97 Å². The minimum atomic E-state index is -0.887. The molecule has 2 aromatic carbocycles. The standard InChI is InChI=1S/C16H17ClN2O2/c17-14-8-6-13(7-9-14)11-18-19-15(16(20)21)10-12-4-2-1-3-5-12/h1-9,15,18-19H,10-11H2,(H,20,21)/t15-/m0/s1. The second-order valence-corrected chi connectivity index (χ2v) is 5.14. The quantitative estimate of drug-likeness (QED) is 0.688. The van der Waals surface area contributed by atoms with Gasteiger partial charge < -0.3 is 5.11 Å². The van der Waals surface area contributed by atoms with Crippen molar-refractivity contribution in [2.45, 2.75) is 19.0 Å². The Bertz CT molecular complexity index is 573. The summed E-state index contributed by atoms with van der Waals surface area (Å²) in [6, 6.07) is 16.2. The van der Waals surface area contributed by atoms with Gasteiger partial charge in [-0.25, -0.2) is 5.43 Å². The monoisotopic (exact) mass is 304 g/mol. The lowest BCUT2D eigenvalue weighted by Crippen LogP contribution is -2.46. The topological polar surface area (TPSA) is 61.4 Å². The summed E-state index contributed by atoms with van der Waals surface area (Å²) in [7, 11) is 0. The average Bonchev–Trinajstić information content (AvgIpc) is 2.49. The van der Waals surface area contributed by atoms with Crippen LogP contribution in [0.4, 0.5) is 0 Å². The van der Waals surface area contributed by atoms with E-state index in [9.17, 15) is 9.90 Å². The van der Waals surface area contributed by atoms with E-state index in [4.69, 9.17) is 11.6 Å². The number of halogens is 1. The molecule has 0 bridgehead atoms. The minimum absolute atomic E-state index is 0.420. The van der Waals surface area contributed by atoms with Crippen LogP contribution in [-0.4, -0.2) is 17.1 Å². The van der Waals surface area contributed by atoms with E-state index in [2.05, 4.69) is 10.9 Å². The Balaban J connectivity index is 1.86. The molecule has 4 nitrogen and oxygen atoms in total. The zero-order valence-corrected chi connectivity index (χ0v) is 12.2. The average molecular weight is 305 g/mol. The number of benzene rings is 2.